The van der Waals surface area contributed by atoms with Gasteiger partial charge in [-0.2, -0.15) is 19.7 Å². The largest absolute Gasteiger partial charge is 0.603 e. The Kier molecular flexibility index (Phi) is 10.3. The van der Waals surface area contributed by atoms with E-state index in [4.69, 9.17) is 45.1 Å². The molecule has 0 radical (unpaired) electrons. The third-order valence-electron chi connectivity index (χ3n) is 7.60. The zero-order chi connectivity index (χ0) is 37.6. The Morgan fingerprint density at radius 2 is 1.83 bits per heavy atom. The number of anilines is 2. The van der Waals surface area contributed by atoms with Crippen LogP contribution in [-0.4, -0.2) is 53.9 Å². The Bertz CT molecular complexity index is 2300. The van der Waals surface area contributed by atoms with E-state index in [0.717, 1.165) is 4.57 Å². The minimum atomic E-state index is -5.84. The average molecular weight is 780 g/mol. The fourth-order valence-electron chi connectivity index (χ4n) is 5.55. The molecule has 1 fully saturated rings. The minimum absolute atomic E-state index is 0.0614. The molecule has 23 heteroatoms. The van der Waals surface area contributed by atoms with Crippen molar-refractivity contribution in [3.05, 3.63) is 94.3 Å². The van der Waals surface area contributed by atoms with Gasteiger partial charge in [0, 0.05) is 51.3 Å². The monoisotopic (exact) mass is 780 g/mol. The van der Waals surface area contributed by atoms with E-state index in [1.165, 1.54) is 18.3 Å². The Balaban J connectivity index is 1.33. The van der Waals surface area contributed by atoms with Gasteiger partial charge in [-0.15, -0.1) is 0 Å². The van der Waals surface area contributed by atoms with E-state index < -0.39 is 60.9 Å². The molecule has 2 aromatic carbocycles. The fourth-order valence-corrected chi connectivity index (χ4v) is 8.58. The number of carbonyl (C=O) groups excluding carboxylic acids is 1. The fraction of sp³-hybridized carbons (Fsp3) is 0.172. The number of nitrogens with zero attached hydrogens (tertiary/aromatic N) is 2. The molecule has 6 rings (SSSR count). The smallest absolute Gasteiger partial charge is 0.511 e. The zero-order valence-corrected chi connectivity index (χ0v) is 29.0. The summed E-state index contributed by atoms with van der Waals surface area (Å²) in [4.78, 5) is 90.3. The molecule has 2 unspecified atom stereocenters. The van der Waals surface area contributed by atoms with Crippen LogP contribution in [0.4, 0.5) is 11.5 Å². The van der Waals surface area contributed by atoms with Crippen LogP contribution in [0, 0.1) is 0 Å². The quantitative estimate of drug-likeness (QED) is 0.0377. The summed E-state index contributed by atoms with van der Waals surface area (Å²) in [6.07, 6.45) is -2.94. The number of nitrogen functional groups attached to an aromatic ring is 2. The Labute approximate surface area is 292 Å². The van der Waals surface area contributed by atoms with E-state index in [-0.39, 0.29) is 17.8 Å². The number of rotatable bonds is 11. The van der Waals surface area contributed by atoms with Crippen LogP contribution in [-0.2, 0) is 27.2 Å². The van der Waals surface area contributed by atoms with Gasteiger partial charge >= 0.3 is 35.8 Å². The molecule has 1 saturated heterocycles. The molecule has 0 spiro atoms. The van der Waals surface area contributed by atoms with Crippen LogP contribution in [0.15, 0.2) is 82.1 Å². The molecular formula is C29H29N5O15P3+. The molecule has 5 atom stereocenters. The lowest BCUT2D eigenvalue weighted by Crippen LogP contribution is -2.44. The summed E-state index contributed by atoms with van der Waals surface area (Å²) in [7, 11) is -17.1. The molecule has 274 valence electrons. The van der Waals surface area contributed by atoms with Gasteiger partial charge in [-0.3, -0.25) is 14.5 Å². The normalized spacial score (nSPS) is 20.1. The summed E-state index contributed by atoms with van der Waals surface area (Å²) in [5.41, 5.74) is 13.2. The molecule has 20 nitrogen and oxygen atoms in total. The third-order valence-corrected chi connectivity index (χ3v) is 11.4. The minimum Gasteiger partial charge on any atom is -0.603 e. The van der Waals surface area contributed by atoms with Crippen molar-refractivity contribution in [2.45, 2.75) is 24.9 Å². The van der Waals surface area contributed by atoms with Gasteiger partial charge in [0.15, 0.2) is 5.36 Å². The number of phosphoric acid groups is 3. The van der Waals surface area contributed by atoms with Crippen molar-refractivity contribution in [2.75, 3.05) is 18.1 Å². The lowest BCUT2D eigenvalue weighted by Gasteiger charge is -2.23. The maximum Gasteiger partial charge on any atom is 0.511 e. The average Bonchev–Trinajstić information content (AvgIpc) is 3.42. The number of fused-ring (bicyclic) bond motifs is 2. The topological polar surface area (TPSA) is 333 Å². The Morgan fingerprint density at radius 1 is 1.08 bits per heavy atom. The van der Waals surface area contributed by atoms with Crippen LogP contribution in [0.1, 0.15) is 23.0 Å². The summed E-state index contributed by atoms with van der Waals surface area (Å²) >= 11 is 0. The highest BCUT2D eigenvalue weighted by atomic mass is 31.3. The van der Waals surface area contributed by atoms with Crippen LogP contribution in [0.2, 0.25) is 0 Å². The summed E-state index contributed by atoms with van der Waals surface area (Å²) < 4.78 is 43.6. The van der Waals surface area contributed by atoms with E-state index >= 15 is 0 Å². The number of aromatic nitrogens is 2. The highest BCUT2D eigenvalue weighted by molar-refractivity contribution is 7.70. The molecule has 0 saturated carbocycles. The van der Waals surface area contributed by atoms with E-state index in [1.807, 2.05) is 0 Å². The molecule has 0 amide bonds. The van der Waals surface area contributed by atoms with Crippen molar-refractivity contribution in [1.82, 2.24) is 9.55 Å². The second-order valence-electron chi connectivity index (χ2n) is 11.3. The van der Waals surface area contributed by atoms with Crippen LogP contribution in [0.3, 0.4) is 0 Å². The van der Waals surface area contributed by atoms with Crippen LogP contribution < -0.4 is 37.7 Å². The highest BCUT2D eigenvalue weighted by Gasteiger charge is 2.51. The first-order valence-electron chi connectivity index (χ1n) is 14.8. The van der Waals surface area contributed by atoms with E-state index in [0.29, 0.717) is 44.5 Å². The number of ether oxygens (including phenoxy) is 2. The molecule has 10 N–H and O–H groups in total. The molecule has 3 aliphatic rings. The molecule has 0 bridgehead atoms. The number of carbonyl (C=O) groups is 1. The molecule has 2 aliphatic heterocycles. The summed E-state index contributed by atoms with van der Waals surface area (Å²) in [5, 5.41) is 7.05. The van der Waals surface area contributed by atoms with Crippen molar-refractivity contribution >= 4 is 52.6 Å². The van der Waals surface area contributed by atoms with Gasteiger partial charge in [-0.1, -0.05) is 22.5 Å². The van der Waals surface area contributed by atoms with Gasteiger partial charge in [0.25, 0.3) is 0 Å². The molecule has 1 aliphatic carbocycles. The lowest BCUT2D eigenvalue weighted by molar-refractivity contribution is -0.256. The maximum absolute atomic E-state index is 14.0. The standard InChI is InChI=1S/C29H28N5O15P3/c30-15-5-7-19-21(11-15)45-22-12-16(31)6-8-20(22)27(19)17-3-1-2-4-18(17)28(35)47-23-13-26(34-10-9-25(32)33-29(34)36)46-24(23)14-44-51(40,41)49-52(42,43)48-50(37,38)39/h1-12,23-24,26,30H,13-14,31H2,(H,40,41)(H,42,43)(H2,32,33,36)(H2,37,38,39)/p+1/t23-,24+,26+/m0/s1. The lowest BCUT2D eigenvalue weighted by atomic mass is 9.90. The highest BCUT2D eigenvalue weighted by Crippen LogP contribution is 2.69. The van der Waals surface area contributed by atoms with Crippen molar-refractivity contribution in [3.63, 3.8) is 0 Å². The van der Waals surface area contributed by atoms with Gasteiger partial charge in [0.2, 0.25) is 0 Å². The molecule has 3 heterocycles. The van der Waals surface area contributed by atoms with E-state index in [9.17, 15) is 33.7 Å². The second kappa shape index (κ2) is 14.3. The van der Waals surface area contributed by atoms with Crippen LogP contribution in [0.5, 0.6) is 0 Å². The number of esters is 1. The van der Waals surface area contributed by atoms with E-state index in [2.05, 4.69) is 13.6 Å². The third kappa shape index (κ3) is 8.52. The summed E-state index contributed by atoms with van der Waals surface area (Å²) in [5.74, 6) is -0.594. The van der Waals surface area contributed by atoms with Gasteiger partial charge in [0.05, 0.1) is 18.2 Å². The van der Waals surface area contributed by atoms with Gasteiger partial charge < -0.3 is 40.0 Å². The van der Waals surface area contributed by atoms with Crippen LogP contribution >= 0.6 is 24.2 Å². The first-order valence-corrected chi connectivity index (χ1v) is 19.3. The Morgan fingerprint density at radius 3 is 2.56 bits per heavy atom. The first-order chi connectivity index (χ1) is 24.4. The van der Waals surface area contributed by atoms with Gasteiger partial charge in [-0.05, 0) is 35.9 Å². The number of hydrogen-bond donors (Lipinski definition) is 7. The van der Waals surface area contributed by atoms with Crippen molar-refractivity contribution in [3.8, 4) is 22.5 Å². The maximum atomic E-state index is 14.0. The number of nitrogens with two attached hydrogens (primary N) is 3. The Hall–Kier alpha value is -4.23. The number of benzene rings is 3. The number of hydrogen-bond acceptors (Lipinski definition) is 17. The summed E-state index contributed by atoms with van der Waals surface area (Å²) in [6.45, 7) is -0.977. The van der Waals surface area contributed by atoms with Crippen molar-refractivity contribution in [2.24, 2.45) is 0 Å². The molecular weight excluding hydrogens is 751 g/mol. The second-order valence-corrected chi connectivity index (χ2v) is 15.7. The molecule has 52 heavy (non-hydrogen) atoms. The van der Waals surface area contributed by atoms with Crippen molar-refractivity contribution in [1.29, 1.82) is 0 Å². The van der Waals surface area contributed by atoms with Crippen molar-refractivity contribution < 1.29 is 71.2 Å². The first kappa shape index (κ1) is 37.5. The van der Waals surface area contributed by atoms with E-state index in [1.54, 1.807) is 54.6 Å². The summed E-state index contributed by atoms with van der Waals surface area (Å²) in [6, 6.07) is 17.8. The SMILES string of the molecule is Nc1ccc2c(-c3ccccc3C(=O)O[C@H]3C[C@H](n4ccc(N)nc4=O)O[C@@H]3COP(=O)(O)O[P+]([O-])(O)O[P+]([O-])(O)O)c3ccc(=[NH2+])cc-3oc2c1. The number of phosphoric ester groups is 1. The zero-order valence-electron chi connectivity index (χ0n) is 26.3. The predicted molar refractivity (Wildman–Crippen MR) is 177 cm³/mol. The van der Waals surface area contributed by atoms with Crippen LogP contribution in [0.25, 0.3) is 33.4 Å². The van der Waals surface area contributed by atoms with Gasteiger partial charge in [0.1, 0.15) is 35.6 Å². The predicted octanol–water partition coefficient (Wildman–Crippen LogP) is -0.698. The molecule has 3 aromatic rings. The molecule has 1 aromatic heterocycles. The van der Waals surface area contributed by atoms with Gasteiger partial charge in [-0.25, -0.2) is 14.2 Å².